The maximum absolute atomic E-state index is 4.61. The Bertz CT molecular complexity index is 332. The van der Waals surface area contributed by atoms with Crippen LogP contribution in [0.4, 0.5) is 0 Å². The average Bonchev–Trinajstić information content (AvgIpc) is 2.75. The number of nitrogens with zero attached hydrogens (tertiary/aromatic N) is 2. The zero-order valence-electron chi connectivity index (χ0n) is 8.66. The second-order valence-electron chi connectivity index (χ2n) is 4.54. The summed E-state index contributed by atoms with van der Waals surface area (Å²) in [5, 5.41) is 8.10. The molecule has 0 spiro atoms. The van der Waals surface area contributed by atoms with Crippen molar-refractivity contribution >= 4 is 0 Å². The van der Waals surface area contributed by atoms with Gasteiger partial charge in [-0.1, -0.05) is 0 Å². The van der Waals surface area contributed by atoms with Crippen molar-refractivity contribution in [1.82, 2.24) is 15.1 Å². The van der Waals surface area contributed by atoms with E-state index in [1.165, 1.54) is 37.1 Å². The number of nitrogens with one attached hydrogen (secondary N) is 1. The summed E-state index contributed by atoms with van der Waals surface area (Å²) in [5.41, 5.74) is 2.70. The van der Waals surface area contributed by atoms with Gasteiger partial charge in [-0.25, -0.2) is 0 Å². The smallest absolute Gasteiger partial charge is 0.0796 e. The molecule has 0 radical (unpaired) electrons. The number of hydrogen-bond acceptors (Lipinski definition) is 2. The molecule has 1 N–H and O–H groups in total. The number of aryl methyl sites for hydroxylation is 1. The normalized spacial score (nSPS) is 27.1. The molecule has 1 aromatic rings. The molecule has 0 aromatic carbocycles. The largest absolute Gasteiger partial charge is 0.309 e. The fourth-order valence-electron chi connectivity index (χ4n) is 2.37. The van der Waals surface area contributed by atoms with Crippen LogP contribution in [0.3, 0.4) is 0 Å². The van der Waals surface area contributed by atoms with E-state index in [1.54, 1.807) is 0 Å². The van der Waals surface area contributed by atoms with Crippen LogP contribution in [0.5, 0.6) is 0 Å². The predicted octanol–water partition coefficient (Wildman–Crippen LogP) is 1.72. The van der Waals surface area contributed by atoms with Gasteiger partial charge in [0.25, 0.3) is 0 Å². The van der Waals surface area contributed by atoms with Crippen LogP contribution < -0.4 is 5.32 Å². The van der Waals surface area contributed by atoms with Crippen LogP contribution in [0.25, 0.3) is 0 Å². The van der Waals surface area contributed by atoms with E-state index >= 15 is 0 Å². The van der Waals surface area contributed by atoms with Crippen molar-refractivity contribution in [2.24, 2.45) is 7.05 Å². The van der Waals surface area contributed by atoms with Gasteiger partial charge in [0, 0.05) is 18.7 Å². The van der Waals surface area contributed by atoms with E-state index in [-0.39, 0.29) is 0 Å². The van der Waals surface area contributed by atoms with Gasteiger partial charge in [0.2, 0.25) is 0 Å². The summed E-state index contributed by atoms with van der Waals surface area (Å²) in [6, 6.07) is 2.83. The van der Waals surface area contributed by atoms with E-state index in [9.17, 15) is 0 Å². The summed E-state index contributed by atoms with van der Waals surface area (Å²) in [6.07, 6.45) is 5.26. The van der Waals surface area contributed by atoms with E-state index in [4.69, 9.17) is 0 Å². The van der Waals surface area contributed by atoms with Crippen LogP contribution in [-0.2, 0) is 7.05 Å². The lowest BCUT2D eigenvalue weighted by atomic mass is 10.1. The Morgan fingerprint density at radius 2 is 2.29 bits per heavy atom. The molecule has 3 heteroatoms. The highest BCUT2D eigenvalue weighted by atomic mass is 15.3. The van der Waals surface area contributed by atoms with E-state index in [1.807, 2.05) is 0 Å². The molecule has 1 atom stereocenters. The van der Waals surface area contributed by atoms with E-state index < -0.39 is 0 Å². The van der Waals surface area contributed by atoms with Crippen molar-refractivity contribution in [2.45, 2.75) is 37.6 Å². The molecule has 3 nitrogen and oxygen atoms in total. The highest BCUT2D eigenvalue weighted by Crippen LogP contribution is 2.40. The van der Waals surface area contributed by atoms with Gasteiger partial charge < -0.3 is 5.32 Å². The number of rotatable bonds is 2. The van der Waals surface area contributed by atoms with E-state index in [0.29, 0.717) is 6.04 Å². The summed E-state index contributed by atoms with van der Waals surface area (Å²) in [4.78, 5) is 0. The average molecular weight is 191 g/mol. The topological polar surface area (TPSA) is 29.9 Å². The summed E-state index contributed by atoms with van der Waals surface area (Å²) in [6.45, 7) is 1.15. The van der Waals surface area contributed by atoms with Crippen molar-refractivity contribution in [1.29, 1.82) is 0 Å². The highest BCUT2D eigenvalue weighted by molar-refractivity contribution is 5.21. The minimum Gasteiger partial charge on any atom is -0.309 e. The first kappa shape index (κ1) is 8.48. The summed E-state index contributed by atoms with van der Waals surface area (Å²) < 4.78 is 2.08. The van der Waals surface area contributed by atoms with Crippen LogP contribution >= 0.6 is 0 Å². The Balaban J connectivity index is 1.87. The Morgan fingerprint density at radius 3 is 2.93 bits per heavy atom. The second kappa shape index (κ2) is 3.09. The summed E-state index contributed by atoms with van der Waals surface area (Å²) >= 11 is 0. The van der Waals surface area contributed by atoms with Gasteiger partial charge >= 0.3 is 0 Å². The third-order valence-electron chi connectivity index (χ3n) is 3.35. The maximum atomic E-state index is 4.61. The van der Waals surface area contributed by atoms with E-state index in [0.717, 1.165) is 12.5 Å². The molecule has 3 rings (SSSR count). The van der Waals surface area contributed by atoms with Gasteiger partial charge in [-0.05, 0) is 38.3 Å². The first-order valence-electron chi connectivity index (χ1n) is 5.62. The van der Waals surface area contributed by atoms with Gasteiger partial charge in [0.05, 0.1) is 11.7 Å². The van der Waals surface area contributed by atoms with E-state index in [2.05, 4.69) is 28.2 Å². The van der Waals surface area contributed by atoms with Crippen LogP contribution in [0.1, 0.15) is 49.0 Å². The third kappa shape index (κ3) is 1.36. The molecule has 2 fully saturated rings. The maximum Gasteiger partial charge on any atom is 0.0796 e. The monoisotopic (exact) mass is 191 g/mol. The minimum atomic E-state index is 0.522. The van der Waals surface area contributed by atoms with Crippen molar-refractivity contribution in [3.8, 4) is 0 Å². The van der Waals surface area contributed by atoms with Crippen molar-refractivity contribution < 1.29 is 0 Å². The van der Waals surface area contributed by atoms with Crippen molar-refractivity contribution in [3.63, 3.8) is 0 Å². The molecule has 2 heterocycles. The van der Waals surface area contributed by atoms with Crippen LogP contribution in [-0.4, -0.2) is 16.3 Å². The molecule has 1 unspecified atom stereocenters. The Morgan fingerprint density at radius 1 is 1.43 bits per heavy atom. The fraction of sp³-hybridized carbons (Fsp3) is 0.727. The SMILES string of the molecule is Cn1nc(C2CCCN2)cc1C1CC1. The number of aromatic nitrogens is 2. The highest BCUT2D eigenvalue weighted by Gasteiger charge is 2.29. The summed E-state index contributed by atoms with van der Waals surface area (Å²) in [5.74, 6) is 0.808. The van der Waals surface area contributed by atoms with Gasteiger partial charge in [0.15, 0.2) is 0 Å². The zero-order valence-corrected chi connectivity index (χ0v) is 8.66. The zero-order chi connectivity index (χ0) is 9.54. The molecule has 1 aromatic heterocycles. The molecular formula is C11H17N3. The van der Waals surface area contributed by atoms with Crippen LogP contribution in [0, 0.1) is 0 Å². The molecule has 1 saturated carbocycles. The molecule has 0 amide bonds. The minimum absolute atomic E-state index is 0.522. The number of hydrogen-bond donors (Lipinski definition) is 1. The lowest BCUT2D eigenvalue weighted by Crippen LogP contribution is -2.13. The van der Waals surface area contributed by atoms with Gasteiger partial charge in [-0.15, -0.1) is 0 Å². The third-order valence-corrected chi connectivity index (χ3v) is 3.35. The van der Waals surface area contributed by atoms with Crippen LogP contribution in [0.15, 0.2) is 6.07 Å². The molecule has 2 aliphatic rings. The molecule has 0 bridgehead atoms. The molecule has 76 valence electrons. The van der Waals surface area contributed by atoms with Gasteiger partial charge in [-0.3, -0.25) is 4.68 Å². The lowest BCUT2D eigenvalue weighted by molar-refractivity contribution is 0.603. The first-order chi connectivity index (χ1) is 6.84. The fourth-order valence-corrected chi connectivity index (χ4v) is 2.37. The van der Waals surface area contributed by atoms with Crippen LogP contribution in [0.2, 0.25) is 0 Å². The van der Waals surface area contributed by atoms with Crippen molar-refractivity contribution in [3.05, 3.63) is 17.5 Å². The Labute approximate surface area is 84.5 Å². The Hall–Kier alpha value is -0.830. The second-order valence-corrected chi connectivity index (χ2v) is 4.54. The molecule has 1 aliphatic heterocycles. The first-order valence-corrected chi connectivity index (χ1v) is 5.62. The molecule has 1 aliphatic carbocycles. The molecule has 14 heavy (non-hydrogen) atoms. The van der Waals surface area contributed by atoms with Gasteiger partial charge in [-0.2, -0.15) is 5.10 Å². The van der Waals surface area contributed by atoms with Gasteiger partial charge in [0.1, 0.15) is 0 Å². The molecule has 1 saturated heterocycles. The summed E-state index contributed by atoms with van der Waals surface area (Å²) in [7, 11) is 2.08. The molecular weight excluding hydrogens is 174 g/mol. The quantitative estimate of drug-likeness (QED) is 0.771. The van der Waals surface area contributed by atoms with Crippen molar-refractivity contribution in [2.75, 3.05) is 6.54 Å². The standard InChI is InChI=1S/C11H17N3/c1-14-11(8-4-5-8)7-10(13-14)9-3-2-6-12-9/h7-9,12H,2-6H2,1H3. The lowest BCUT2D eigenvalue weighted by Gasteiger charge is -2.04. The Kier molecular flexibility index (Phi) is 1.87. The predicted molar refractivity (Wildman–Crippen MR) is 55.2 cm³/mol.